The van der Waals surface area contributed by atoms with Gasteiger partial charge in [0.2, 0.25) is 0 Å². The number of benzene rings is 6. The zero-order valence-electron chi connectivity index (χ0n) is 35.4. The standard InChI is InChI=1S/C54H56N2/c1-49(2)41-29-39-37-27-33(23-25-45(37)55(35-19-15-13-16-20-35)47(39)31-43(41)51(5,6)53(49,9)10)34-24-26-46-38(28-34)40-30-42-44(52(7,8)54(11,12)50(42,3)4)32-48(40)56(46)36-21-17-14-18-22-36/h13-32H,1-12H3. The first kappa shape index (κ1) is 35.3. The van der Waals surface area contributed by atoms with Gasteiger partial charge in [-0.1, -0.05) is 132 Å². The molecule has 0 saturated heterocycles. The van der Waals surface area contributed by atoms with E-state index in [-0.39, 0.29) is 32.5 Å². The van der Waals surface area contributed by atoms with Crippen LogP contribution in [0, 0.1) is 10.8 Å². The Morgan fingerprint density at radius 3 is 0.946 bits per heavy atom. The van der Waals surface area contributed by atoms with Crippen molar-refractivity contribution in [3.63, 3.8) is 0 Å². The van der Waals surface area contributed by atoms with Crippen molar-refractivity contribution < 1.29 is 0 Å². The van der Waals surface area contributed by atoms with Gasteiger partial charge in [-0.25, -0.2) is 0 Å². The van der Waals surface area contributed by atoms with Crippen molar-refractivity contribution in [3.05, 3.63) is 144 Å². The summed E-state index contributed by atoms with van der Waals surface area (Å²) in [5.74, 6) is 0. The summed E-state index contributed by atoms with van der Waals surface area (Å²) < 4.78 is 4.98. The van der Waals surface area contributed by atoms with Crippen LogP contribution in [0.2, 0.25) is 0 Å². The molecule has 0 amide bonds. The van der Waals surface area contributed by atoms with Crippen LogP contribution in [0.15, 0.2) is 121 Å². The van der Waals surface area contributed by atoms with E-state index in [9.17, 15) is 0 Å². The normalized spacial score (nSPS) is 19.6. The second-order valence-corrected chi connectivity index (χ2v) is 20.4. The first-order chi connectivity index (χ1) is 26.3. The summed E-state index contributed by atoms with van der Waals surface area (Å²) in [4.78, 5) is 0. The highest BCUT2D eigenvalue weighted by atomic mass is 15.0. The van der Waals surface area contributed by atoms with Crippen LogP contribution in [-0.4, -0.2) is 9.13 Å². The molecule has 0 aliphatic heterocycles. The molecular weight excluding hydrogens is 677 g/mol. The zero-order valence-corrected chi connectivity index (χ0v) is 35.4. The predicted molar refractivity (Wildman–Crippen MR) is 240 cm³/mol. The van der Waals surface area contributed by atoms with Crippen LogP contribution >= 0.6 is 0 Å². The molecule has 282 valence electrons. The van der Waals surface area contributed by atoms with Gasteiger partial charge in [-0.05, 0) is 139 Å². The molecule has 56 heavy (non-hydrogen) atoms. The third-order valence-electron chi connectivity index (χ3n) is 17.1. The molecule has 2 nitrogen and oxygen atoms in total. The molecule has 2 aliphatic carbocycles. The Kier molecular flexibility index (Phi) is 6.85. The lowest BCUT2D eigenvalue weighted by Gasteiger charge is -2.44. The van der Waals surface area contributed by atoms with E-state index in [0.29, 0.717) is 0 Å². The van der Waals surface area contributed by atoms with Crippen LogP contribution in [0.1, 0.15) is 105 Å². The van der Waals surface area contributed by atoms with Gasteiger partial charge < -0.3 is 9.13 Å². The fraction of sp³-hybridized carbons (Fsp3) is 0.333. The summed E-state index contributed by atoms with van der Waals surface area (Å²) in [5, 5.41) is 5.27. The molecule has 0 bridgehead atoms. The van der Waals surface area contributed by atoms with Gasteiger partial charge in [-0.2, -0.15) is 0 Å². The zero-order chi connectivity index (χ0) is 39.5. The maximum atomic E-state index is 2.55. The second kappa shape index (κ2) is 10.9. The van der Waals surface area contributed by atoms with Gasteiger partial charge in [0.25, 0.3) is 0 Å². The Morgan fingerprint density at radius 1 is 0.304 bits per heavy atom. The minimum atomic E-state index is 0.0238. The van der Waals surface area contributed by atoms with E-state index in [1.807, 2.05) is 0 Å². The molecule has 2 aromatic heterocycles. The quantitative estimate of drug-likeness (QED) is 0.171. The molecule has 0 spiro atoms. The van der Waals surface area contributed by atoms with E-state index in [1.54, 1.807) is 0 Å². The van der Waals surface area contributed by atoms with Gasteiger partial charge >= 0.3 is 0 Å². The lowest BCUT2D eigenvalue weighted by Crippen LogP contribution is -2.42. The molecule has 10 rings (SSSR count). The van der Waals surface area contributed by atoms with Crippen LogP contribution in [0.25, 0.3) is 66.1 Å². The average molecular weight is 733 g/mol. The van der Waals surface area contributed by atoms with E-state index >= 15 is 0 Å². The Morgan fingerprint density at radius 2 is 0.607 bits per heavy atom. The fourth-order valence-electron chi connectivity index (χ4n) is 11.2. The number of nitrogens with zero attached hydrogens (tertiary/aromatic N) is 2. The highest BCUT2D eigenvalue weighted by Crippen LogP contribution is 2.64. The van der Waals surface area contributed by atoms with Gasteiger partial charge in [-0.15, -0.1) is 0 Å². The van der Waals surface area contributed by atoms with Gasteiger partial charge in [0.1, 0.15) is 0 Å². The predicted octanol–water partition coefficient (Wildman–Crippen LogP) is 14.7. The number of para-hydroxylation sites is 2. The molecule has 0 saturated carbocycles. The highest BCUT2D eigenvalue weighted by molar-refractivity contribution is 6.13. The van der Waals surface area contributed by atoms with Crippen LogP contribution in [-0.2, 0) is 21.7 Å². The van der Waals surface area contributed by atoms with Crippen LogP contribution in [0.5, 0.6) is 0 Å². The minimum absolute atomic E-state index is 0.0238. The van der Waals surface area contributed by atoms with Crippen LogP contribution in [0.4, 0.5) is 0 Å². The molecule has 0 unspecified atom stereocenters. The SMILES string of the molecule is CC1(C)c2cc3c4cc(-c5ccc6c(c5)c5cc7c(cc5n6-c5ccccc5)C(C)(C)C(C)(C)C7(C)C)ccc4n(-c4ccccc4)c3cc2C(C)(C)C1(C)C. The summed E-state index contributed by atoms with van der Waals surface area (Å²) in [6.07, 6.45) is 0. The summed E-state index contributed by atoms with van der Waals surface area (Å²) in [7, 11) is 0. The van der Waals surface area contributed by atoms with Gasteiger partial charge in [0.05, 0.1) is 22.1 Å². The summed E-state index contributed by atoms with van der Waals surface area (Å²) in [6, 6.07) is 46.3. The van der Waals surface area contributed by atoms with Crippen molar-refractivity contribution in [2.75, 3.05) is 0 Å². The van der Waals surface area contributed by atoms with Crippen molar-refractivity contribution in [2.45, 2.75) is 105 Å². The van der Waals surface area contributed by atoms with Crippen molar-refractivity contribution in [1.29, 1.82) is 0 Å². The van der Waals surface area contributed by atoms with Gasteiger partial charge in [0, 0.05) is 32.9 Å². The smallest absolute Gasteiger partial charge is 0.0544 e. The van der Waals surface area contributed by atoms with Crippen molar-refractivity contribution in [1.82, 2.24) is 9.13 Å². The Bertz CT molecular complexity index is 2740. The average Bonchev–Trinajstić information content (AvgIpc) is 3.73. The minimum Gasteiger partial charge on any atom is -0.309 e. The Labute approximate surface area is 333 Å². The lowest BCUT2D eigenvalue weighted by molar-refractivity contribution is 0.125. The fourth-order valence-corrected chi connectivity index (χ4v) is 11.2. The Balaban J connectivity index is 1.24. The monoisotopic (exact) mass is 732 g/mol. The number of fused-ring (bicyclic) bond motifs is 8. The maximum Gasteiger partial charge on any atom is 0.0544 e. The molecule has 0 atom stereocenters. The van der Waals surface area contributed by atoms with Crippen molar-refractivity contribution in [3.8, 4) is 22.5 Å². The van der Waals surface area contributed by atoms with Crippen LogP contribution in [0.3, 0.4) is 0 Å². The lowest BCUT2D eigenvalue weighted by atomic mass is 9.59. The van der Waals surface area contributed by atoms with E-state index in [4.69, 9.17) is 0 Å². The van der Waals surface area contributed by atoms with Crippen molar-refractivity contribution in [2.24, 2.45) is 10.8 Å². The van der Waals surface area contributed by atoms with Crippen LogP contribution < -0.4 is 0 Å². The largest absolute Gasteiger partial charge is 0.309 e. The molecule has 8 aromatic rings. The number of hydrogen-bond donors (Lipinski definition) is 0. The summed E-state index contributed by atoms with van der Waals surface area (Å²) in [6.45, 7) is 29.4. The molecule has 2 aliphatic rings. The summed E-state index contributed by atoms with van der Waals surface area (Å²) in [5.41, 5.74) is 16.2. The molecule has 2 heterocycles. The van der Waals surface area contributed by atoms with E-state index in [1.165, 1.54) is 88.4 Å². The first-order valence-corrected chi connectivity index (χ1v) is 20.7. The number of hydrogen-bond acceptors (Lipinski definition) is 0. The number of aromatic nitrogens is 2. The molecule has 2 heteroatoms. The third-order valence-corrected chi connectivity index (χ3v) is 17.1. The maximum absolute atomic E-state index is 2.55. The topological polar surface area (TPSA) is 9.86 Å². The van der Waals surface area contributed by atoms with E-state index in [2.05, 4.69) is 214 Å². The molecule has 0 fully saturated rings. The van der Waals surface area contributed by atoms with Gasteiger partial charge in [-0.3, -0.25) is 0 Å². The second-order valence-electron chi connectivity index (χ2n) is 20.4. The molecule has 0 radical (unpaired) electrons. The summed E-state index contributed by atoms with van der Waals surface area (Å²) >= 11 is 0. The first-order valence-electron chi connectivity index (χ1n) is 20.7. The highest BCUT2D eigenvalue weighted by Gasteiger charge is 2.58. The Hall–Kier alpha value is -5.08. The van der Waals surface area contributed by atoms with Crippen molar-refractivity contribution >= 4 is 43.6 Å². The van der Waals surface area contributed by atoms with E-state index in [0.717, 1.165) is 0 Å². The molecular formula is C54H56N2. The third kappa shape index (κ3) is 4.13. The van der Waals surface area contributed by atoms with Gasteiger partial charge in [0.15, 0.2) is 0 Å². The van der Waals surface area contributed by atoms with E-state index < -0.39 is 0 Å². The molecule has 6 aromatic carbocycles. The number of rotatable bonds is 3. The molecule has 0 N–H and O–H groups in total.